The number of aromatic nitrogens is 3. The molecule has 1 heterocycles. The van der Waals surface area contributed by atoms with Gasteiger partial charge in [-0.05, 0) is 62.0 Å². The van der Waals surface area contributed by atoms with Gasteiger partial charge < -0.3 is 20.7 Å². The van der Waals surface area contributed by atoms with Crippen molar-refractivity contribution in [2.24, 2.45) is 17.8 Å². The van der Waals surface area contributed by atoms with E-state index in [9.17, 15) is 4.39 Å². The zero-order valence-corrected chi connectivity index (χ0v) is 19.5. The van der Waals surface area contributed by atoms with Crippen LogP contribution in [0.4, 0.5) is 27.9 Å². The standard InChI is InChI=1S/C25H35FN6O/c1-33-22-12-11-19(14-20(22)26)28-24-29-23(27)30-25(31-24)32(15-17-5-3-2-4-6-17)21-13-16-7-9-18(21)10-8-16/h11-12,14,16-18,21H,2-10,13,15H2,1H3,(H3,27,28,29,30,31). The van der Waals surface area contributed by atoms with Crippen molar-refractivity contribution in [3.05, 3.63) is 24.0 Å². The van der Waals surface area contributed by atoms with E-state index in [1.54, 1.807) is 12.1 Å². The first-order valence-corrected chi connectivity index (χ1v) is 12.5. The number of hydrogen-bond acceptors (Lipinski definition) is 7. The molecule has 6 rings (SSSR count). The molecule has 3 N–H and O–H groups in total. The fourth-order valence-electron chi connectivity index (χ4n) is 6.18. The van der Waals surface area contributed by atoms with Crippen molar-refractivity contribution in [1.82, 2.24) is 15.0 Å². The van der Waals surface area contributed by atoms with Crippen molar-refractivity contribution >= 4 is 23.5 Å². The van der Waals surface area contributed by atoms with E-state index in [0.29, 0.717) is 35.5 Å². The average molecular weight is 455 g/mol. The quantitative estimate of drug-likeness (QED) is 0.586. The van der Waals surface area contributed by atoms with Crippen molar-refractivity contribution in [2.45, 2.75) is 70.3 Å². The minimum atomic E-state index is -0.443. The van der Waals surface area contributed by atoms with Gasteiger partial charge in [0.25, 0.3) is 0 Å². The Morgan fingerprint density at radius 1 is 1.06 bits per heavy atom. The summed E-state index contributed by atoms with van der Waals surface area (Å²) in [6.07, 6.45) is 13.0. The molecule has 4 aliphatic carbocycles. The number of benzene rings is 1. The van der Waals surface area contributed by atoms with Gasteiger partial charge in [-0.3, -0.25) is 0 Å². The molecule has 2 bridgehead atoms. The summed E-state index contributed by atoms with van der Waals surface area (Å²) in [5.74, 6) is 3.12. The summed E-state index contributed by atoms with van der Waals surface area (Å²) in [5, 5.41) is 3.11. The number of methoxy groups -OCH3 is 1. The van der Waals surface area contributed by atoms with Gasteiger partial charge in [-0.1, -0.05) is 32.1 Å². The van der Waals surface area contributed by atoms with Crippen LogP contribution >= 0.6 is 0 Å². The van der Waals surface area contributed by atoms with Crippen molar-refractivity contribution in [3.8, 4) is 5.75 Å². The predicted octanol–water partition coefficient (Wildman–Crippen LogP) is 5.31. The number of anilines is 4. The number of fused-ring (bicyclic) bond motifs is 3. The van der Waals surface area contributed by atoms with Crippen LogP contribution in [0.2, 0.25) is 0 Å². The third kappa shape index (κ3) is 4.99. The van der Waals surface area contributed by atoms with Gasteiger partial charge in [0.05, 0.1) is 7.11 Å². The van der Waals surface area contributed by atoms with Crippen LogP contribution in [0.15, 0.2) is 18.2 Å². The van der Waals surface area contributed by atoms with Gasteiger partial charge in [-0.25, -0.2) is 4.39 Å². The lowest BCUT2D eigenvalue weighted by Gasteiger charge is -2.48. The number of hydrogen-bond donors (Lipinski definition) is 2. The molecule has 0 spiro atoms. The van der Waals surface area contributed by atoms with Gasteiger partial charge in [-0.2, -0.15) is 15.0 Å². The van der Waals surface area contributed by atoms with E-state index in [1.165, 1.54) is 77.4 Å². The molecule has 4 fully saturated rings. The summed E-state index contributed by atoms with van der Waals surface area (Å²) in [6, 6.07) is 5.16. The lowest BCUT2D eigenvalue weighted by Crippen LogP contribution is -2.50. The maximum atomic E-state index is 14.2. The van der Waals surface area contributed by atoms with Crippen molar-refractivity contribution < 1.29 is 9.13 Å². The fourth-order valence-corrected chi connectivity index (χ4v) is 6.18. The Morgan fingerprint density at radius 2 is 1.85 bits per heavy atom. The molecule has 0 radical (unpaired) electrons. The number of nitrogens with two attached hydrogens (primary N) is 1. The second kappa shape index (κ2) is 9.69. The maximum absolute atomic E-state index is 14.2. The molecule has 8 heteroatoms. The summed E-state index contributed by atoms with van der Waals surface area (Å²) < 4.78 is 19.2. The van der Waals surface area contributed by atoms with Crippen molar-refractivity contribution in [3.63, 3.8) is 0 Å². The van der Waals surface area contributed by atoms with Crippen molar-refractivity contribution in [2.75, 3.05) is 29.6 Å². The zero-order chi connectivity index (χ0) is 22.8. The van der Waals surface area contributed by atoms with Gasteiger partial charge in [0, 0.05) is 24.3 Å². The predicted molar refractivity (Wildman–Crippen MR) is 128 cm³/mol. The molecule has 0 saturated heterocycles. The second-order valence-corrected chi connectivity index (χ2v) is 10.0. The van der Waals surface area contributed by atoms with E-state index in [1.807, 2.05) is 0 Å². The van der Waals surface area contributed by atoms with Gasteiger partial charge in [0.15, 0.2) is 11.6 Å². The first kappa shape index (κ1) is 22.2. The van der Waals surface area contributed by atoms with Gasteiger partial charge in [-0.15, -0.1) is 0 Å². The highest BCUT2D eigenvalue weighted by Gasteiger charge is 2.40. The molecule has 4 saturated carbocycles. The molecule has 0 aliphatic heterocycles. The van der Waals surface area contributed by atoms with Gasteiger partial charge in [0.1, 0.15) is 0 Å². The van der Waals surface area contributed by atoms with E-state index >= 15 is 0 Å². The zero-order valence-electron chi connectivity index (χ0n) is 19.5. The van der Waals surface area contributed by atoms with Gasteiger partial charge >= 0.3 is 0 Å². The Bertz CT molecular complexity index is 958. The Kier molecular flexibility index (Phi) is 6.51. The number of ether oxygens (including phenoxy) is 1. The van der Waals surface area contributed by atoms with E-state index < -0.39 is 5.82 Å². The Labute approximate surface area is 195 Å². The van der Waals surface area contributed by atoms with Crippen LogP contribution in [0.1, 0.15) is 64.2 Å². The molecule has 1 atom stereocenters. The number of halogens is 1. The van der Waals surface area contributed by atoms with Crippen LogP contribution < -0.4 is 20.7 Å². The highest BCUT2D eigenvalue weighted by molar-refractivity contribution is 5.57. The number of rotatable bonds is 7. The summed E-state index contributed by atoms with van der Waals surface area (Å²) in [4.78, 5) is 16.1. The van der Waals surface area contributed by atoms with E-state index in [0.717, 1.165) is 12.5 Å². The fraction of sp³-hybridized carbons (Fsp3) is 0.640. The van der Waals surface area contributed by atoms with Crippen LogP contribution in [-0.2, 0) is 0 Å². The average Bonchev–Trinajstić information content (AvgIpc) is 2.83. The Morgan fingerprint density at radius 3 is 2.52 bits per heavy atom. The molecule has 2 aromatic rings. The molecule has 0 amide bonds. The molecule has 33 heavy (non-hydrogen) atoms. The van der Waals surface area contributed by atoms with E-state index in [2.05, 4.69) is 20.2 Å². The summed E-state index contributed by atoms with van der Waals surface area (Å²) in [6.45, 7) is 0.980. The highest BCUT2D eigenvalue weighted by atomic mass is 19.1. The van der Waals surface area contributed by atoms with E-state index in [4.69, 9.17) is 15.5 Å². The van der Waals surface area contributed by atoms with Crippen molar-refractivity contribution in [1.29, 1.82) is 0 Å². The van der Waals surface area contributed by atoms with Crippen LogP contribution in [0.5, 0.6) is 5.75 Å². The topological polar surface area (TPSA) is 89.2 Å². The molecule has 1 aromatic carbocycles. The lowest BCUT2D eigenvalue weighted by atomic mass is 9.67. The smallest absolute Gasteiger partial charge is 0.233 e. The lowest BCUT2D eigenvalue weighted by molar-refractivity contribution is 0.136. The normalized spacial score (nSPS) is 25.1. The van der Waals surface area contributed by atoms with Gasteiger partial charge in [0.2, 0.25) is 17.8 Å². The number of nitrogens with zero attached hydrogens (tertiary/aromatic N) is 4. The third-order valence-electron chi connectivity index (χ3n) is 7.90. The first-order chi connectivity index (χ1) is 16.1. The highest BCUT2D eigenvalue weighted by Crippen LogP contribution is 2.44. The second-order valence-electron chi connectivity index (χ2n) is 10.0. The molecular formula is C25H35FN6O. The molecule has 4 aliphatic rings. The summed E-state index contributed by atoms with van der Waals surface area (Å²) in [7, 11) is 1.45. The first-order valence-electron chi connectivity index (χ1n) is 12.5. The maximum Gasteiger partial charge on any atom is 0.233 e. The minimum absolute atomic E-state index is 0.186. The van der Waals surface area contributed by atoms with Crippen LogP contribution in [0.3, 0.4) is 0 Å². The number of nitrogen functional groups attached to an aromatic ring is 1. The third-order valence-corrected chi connectivity index (χ3v) is 7.90. The molecule has 178 valence electrons. The molecule has 7 nitrogen and oxygen atoms in total. The Balaban J connectivity index is 1.42. The Hall–Kier alpha value is -2.64. The summed E-state index contributed by atoms with van der Waals surface area (Å²) >= 11 is 0. The summed E-state index contributed by atoms with van der Waals surface area (Å²) in [5.41, 5.74) is 6.68. The largest absolute Gasteiger partial charge is 0.494 e. The van der Waals surface area contributed by atoms with E-state index in [-0.39, 0.29) is 11.7 Å². The van der Waals surface area contributed by atoms with Crippen LogP contribution in [0, 0.1) is 23.6 Å². The van der Waals surface area contributed by atoms with Crippen LogP contribution in [-0.4, -0.2) is 34.6 Å². The molecular weight excluding hydrogens is 419 g/mol. The SMILES string of the molecule is COc1ccc(Nc2nc(N)nc(N(CC3CCCCC3)C3CC4CCC3CC4)n2)cc1F. The van der Waals surface area contributed by atoms with Crippen LogP contribution in [0.25, 0.3) is 0 Å². The molecule has 1 unspecified atom stereocenters. The minimum Gasteiger partial charge on any atom is -0.494 e. The monoisotopic (exact) mass is 454 g/mol. The molecule has 1 aromatic heterocycles. The number of nitrogens with one attached hydrogen (secondary N) is 1.